The van der Waals surface area contributed by atoms with Gasteiger partial charge < -0.3 is 14.8 Å². The van der Waals surface area contributed by atoms with E-state index in [0.717, 1.165) is 18.4 Å². The van der Waals surface area contributed by atoms with Crippen LogP contribution in [-0.4, -0.2) is 23.5 Å². The van der Waals surface area contributed by atoms with Gasteiger partial charge in [-0.05, 0) is 37.5 Å². The molecule has 0 atom stereocenters. The van der Waals surface area contributed by atoms with E-state index in [0.29, 0.717) is 23.6 Å². The summed E-state index contributed by atoms with van der Waals surface area (Å²) in [6.45, 7) is 2.38. The van der Waals surface area contributed by atoms with Gasteiger partial charge in [0, 0.05) is 30.5 Å². The number of carbonyl (C=O) groups excluding carboxylic acids is 1. The van der Waals surface area contributed by atoms with Gasteiger partial charge in [0.2, 0.25) is 0 Å². The molecule has 3 rings (SSSR count). The molecule has 0 spiro atoms. The summed E-state index contributed by atoms with van der Waals surface area (Å²) in [7, 11) is 0. The summed E-state index contributed by atoms with van der Waals surface area (Å²) in [5.74, 6) is -0.170. The predicted octanol–water partition coefficient (Wildman–Crippen LogP) is 3.33. The Kier molecular flexibility index (Phi) is 6.02. The van der Waals surface area contributed by atoms with Crippen molar-refractivity contribution in [2.75, 3.05) is 6.54 Å². The molecule has 24 heavy (non-hydrogen) atoms. The first-order chi connectivity index (χ1) is 11.0. The summed E-state index contributed by atoms with van der Waals surface area (Å²) < 4.78 is 5.20. The van der Waals surface area contributed by atoms with Crippen LogP contribution in [0.4, 0.5) is 0 Å². The fourth-order valence-electron chi connectivity index (χ4n) is 3.22. The number of hydrogen-bond acceptors (Lipinski definition) is 5. The molecule has 1 aromatic heterocycles. The molecule has 5 nitrogen and oxygen atoms in total. The quantitative estimate of drug-likeness (QED) is 0.638. The number of Topliss-reactive ketones (excluding diaryl/α,β-unsaturated/α-hetero) is 1. The van der Waals surface area contributed by atoms with Crippen LogP contribution in [0, 0.1) is 6.92 Å². The lowest BCUT2D eigenvalue weighted by atomic mass is 10.0. The highest BCUT2D eigenvalue weighted by Gasteiger charge is 2.17. The number of halogens is 1. The van der Waals surface area contributed by atoms with Gasteiger partial charge in [0.1, 0.15) is 16.9 Å². The number of benzene rings is 1. The Morgan fingerprint density at radius 2 is 2.00 bits per heavy atom. The maximum Gasteiger partial charge on any atom is 0.347 e. The highest BCUT2D eigenvalue weighted by molar-refractivity contribution is 5.98. The number of phenols is 1. The fraction of sp³-hybridized carbons (Fsp3) is 0.444. The molecule has 0 amide bonds. The third kappa shape index (κ3) is 3.97. The van der Waals surface area contributed by atoms with Gasteiger partial charge in [-0.2, -0.15) is 0 Å². The van der Waals surface area contributed by atoms with E-state index in [1.165, 1.54) is 18.9 Å². The zero-order valence-corrected chi connectivity index (χ0v) is 14.4. The first kappa shape index (κ1) is 18.5. The van der Waals surface area contributed by atoms with E-state index >= 15 is 0 Å². The molecule has 1 fully saturated rings. The number of rotatable bonds is 5. The Morgan fingerprint density at radius 1 is 1.29 bits per heavy atom. The van der Waals surface area contributed by atoms with Crippen molar-refractivity contribution in [3.8, 4) is 5.75 Å². The maximum atomic E-state index is 12.3. The van der Waals surface area contributed by atoms with Gasteiger partial charge in [0.25, 0.3) is 0 Å². The number of aryl methyl sites for hydroxylation is 1. The maximum absolute atomic E-state index is 12.3. The highest BCUT2D eigenvalue weighted by atomic mass is 35.5. The SMILES string of the molecule is Cc1cc(O)cc2oc(=O)c(C(=O)CCNC3CCCC3)cc12.Cl. The second kappa shape index (κ2) is 7.81. The van der Waals surface area contributed by atoms with E-state index in [-0.39, 0.29) is 35.9 Å². The molecule has 1 aromatic carbocycles. The Balaban J connectivity index is 0.00000208. The van der Waals surface area contributed by atoms with Crippen molar-refractivity contribution in [3.05, 3.63) is 39.7 Å². The van der Waals surface area contributed by atoms with Crippen molar-refractivity contribution in [2.45, 2.75) is 45.1 Å². The van der Waals surface area contributed by atoms with Gasteiger partial charge in [0.05, 0.1) is 0 Å². The summed E-state index contributed by atoms with van der Waals surface area (Å²) >= 11 is 0. The second-order valence-corrected chi connectivity index (χ2v) is 6.23. The molecule has 0 saturated heterocycles. The Hall–Kier alpha value is -1.85. The van der Waals surface area contributed by atoms with Crippen molar-refractivity contribution < 1.29 is 14.3 Å². The minimum absolute atomic E-state index is 0. The monoisotopic (exact) mass is 351 g/mol. The van der Waals surface area contributed by atoms with Gasteiger partial charge >= 0.3 is 5.63 Å². The number of fused-ring (bicyclic) bond motifs is 1. The molecule has 1 saturated carbocycles. The minimum Gasteiger partial charge on any atom is -0.508 e. The van der Waals surface area contributed by atoms with Crippen LogP contribution in [0.3, 0.4) is 0 Å². The average molecular weight is 352 g/mol. The molecule has 1 aliphatic carbocycles. The number of aromatic hydroxyl groups is 1. The van der Waals surface area contributed by atoms with Gasteiger partial charge in [-0.3, -0.25) is 4.79 Å². The average Bonchev–Trinajstić information content (AvgIpc) is 2.99. The number of nitrogens with one attached hydrogen (secondary N) is 1. The molecule has 0 aliphatic heterocycles. The fourth-order valence-corrected chi connectivity index (χ4v) is 3.22. The zero-order chi connectivity index (χ0) is 16.4. The van der Waals surface area contributed by atoms with Gasteiger partial charge in [-0.25, -0.2) is 4.79 Å². The second-order valence-electron chi connectivity index (χ2n) is 6.23. The van der Waals surface area contributed by atoms with Crippen molar-refractivity contribution in [1.29, 1.82) is 0 Å². The van der Waals surface area contributed by atoms with Crippen LogP contribution in [0.25, 0.3) is 11.0 Å². The van der Waals surface area contributed by atoms with E-state index in [1.807, 2.05) is 0 Å². The van der Waals surface area contributed by atoms with Gasteiger partial charge in [-0.15, -0.1) is 12.4 Å². The summed E-state index contributed by atoms with van der Waals surface area (Å²) in [6.07, 6.45) is 5.09. The molecular formula is C18H22ClNO4. The molecule has 2 N–H and O–H groups in total. The van der Waals surface area contributed by atoms with E-state index in [1.54, 1.807) is 19.1 Å². The van der Waals surface area contributed by atoms with E-state index in [4.69, 9.17) is 4.42 Å². The third-order valence-corrected chi connectivity index (χ3v) is 4.49. The number of hydrogen-bond donors (Lipinski definition) is 2. The Labute approximate surface area is 146 Å². The normalized spacial score (nSPS) is 14.7. The van der Waals surface area contributed by atoms with E-state index in [2.05, 4.69) is 5.32 Å². The Morgan fingerprint density at radius 3 is 2.71 bits per heavy atom. The van der Waals surface area contributed by atoms with Crippen molar-refractivity contribution >= 4 is 29.2 Å². The molecule has 0 unspecified atom stereocenters. The molecule has 0 bridgehead atoms. The summed E-state index contributed by atoms with van der Waals surface area (Å²) in [4.78, 5) is 24.3. The largest absolute Gasteiger partial charge is 0.508 e. The molecule has 1 aliphatic rings. The molecule has 2 aromatic rings. The van der Waals surface area contributed by atoms with Crippen molar-refractivity contribution in [1.82, 2.24) is 5.32 Å². The number of carbonyl (C=O) groups is 1. The summed E-state index contributed by atoms with van der Waals surface area (Å²) in [6, 6.07) is 5.05. The third-order valence-electron chi connectivity index (χ3n) is 4.49. The molecule has 130 valence electrons. The van der Waals surface area contributed by atoms with Crippen LogP contribution in [0.1, 0.15) is 48.0 Å². The lowest BCUT2D eigenvalue weighted by Crippen LogP contribution is -2.29. The smallest absolute Gasteiger partial charge is 0.347 e. The van der Waals surface area contributed by atoms with Crippen LogP contribution in [0.2, 0.25) is 0 Å². The summed E-state index contributed by atoms with van der Waals surface area (Å²) in [5.41, 5.74) is 0.503. The van der Waals surface area contributed by atoms with E-state index in [9.17, 15) is 14.7 Å². The van der Waals surface area contributed by atoms with Crippen LogP contribution in [0.15, 0.2) is 27.4 Å². The van der Waals surface area contributed by atoms with Crippen molar-refractivity contribution in [2.24, 2.45) is 0 Å². The lowest BCUT2D eigenvalue weighted by molar-refractivity contribution is 0.0978. The topological polar surface area (TPSA) is 79.5 Å². The Bertz CT molecular complexity index is 793. The molecule has 6 heteroatoms. The predicted molar refractivity (Wildman–Crippen MR) is 95.3 cm³/mol. The molecular weight excluding hydrogens is 330 g/mol. The summed E-state index contributed by atoms with van der Waals surface area (Å²) in [5, 5.41) is 13.6. The van der Waals surface area contributed by atoms with Gasteiger partial charge in [0.15, 0.2) is 5.78 Å². The van der Waals surface area contributed by atoms with Gasteiger partial charge in [-0.1, -0.05) is 12.8 Å². The molecule has 1 heterocycles. The van der Waals surface area contributed by atoms with E-state index < -0.39 is 5.63 Å². The minimum atomic E-state index is -0.645. The lowest BCUT2D eigenvalue weighted by Gasteiger charge is -2.11. The van der Waals surface area contributed by atoms with Crippen molar-refractivity contribution in [3.63, 3.8) is 0 Å². The standard InChI is InChI=1S/C18H21NO4.ClH/c1-11-8-13(20)9-17-14(11)10-15(18(22)23-17)16(21)6-7-19-12-4-2-3-5-12;/h8-10,12,19-20H,2-7H2,1H3;1H. The first-order valence-corrected chi connectivity index (χ1v) is 8.08. The molecule has 0 radical (unpaired) electrons. The van der Waals surface area contributed by atoms with Crippen LogP contribution in [0.5, 0.6) is 5.75 Å². The van der Waals surface area contributed by atoms with Crippen LogP contribution >= 0.6 is 12.4 Å². The number of phenolic OH excluding ortho intramolecular Hbond substituents is 1. The highest BCUT2D eigenvalue weighted by Crippen LogP contribution is 2.24. The van der Waals surface area contributed by atoms with Crippen LogP contribution < -0.4 is 10.9 Å². The zero-order valence-electron chi connectivity index (χ0n) is 13.6. The van der Waals surface area contributed by atoms with Crippen LogP contribution in [-0.2, 0) is 0 Å². The first-order valence-electron chi connectivity index (χ1n) is 8.08. The number of ketones is 1.